The summed E-state index contributed by atoms with van der Waals surface area (Å²) >= 11 is 8.62. The molecule has 5 heteroatoms. The Hall–Kier alpha value is -1.46. The second kappa shape index (κ2) is 6.12. The molecule has 19 heavy (non-hydrogen) atoms. The fourth-order valence-electron chi connectivity index (χ4n) is 1.59. The van der Waals surface area contributed by atoms with Crippen LogP contribution >= 0.6 is 28.1 Å². The average Bonchev–Trinajstić information content (AvgIpc) is 2.37. The molecule has 0 aliphatic carbocycles. The lowest BCUT2D eigenvalue weighted by Crippen LogP contribution is -2.20. The normalized spacial score (nSPS) is 10.1. The lowest BCUT2D eigenvalue weighted by atomic mass is 10.1. The SMILES string of the molecule is Cc1ccc(C)c(NC(=S)Nc2ccc(Br)cn2)c1. The van der Waals surface area contributed by atoms with Crippen molar-refractivity contribution in [1.82, 2.24) is 4.98 Å². The van der Waals surface area contributed by atoms with Gasteiger partial charge in [-0.1, -0.05) is 12.1 Å². The molecule has 0 unspecified atom stereocenters. The van der Waals surface area contributed by atoms with Gasteiger partial charge in [0.25, 0.3) is 0 Å². The Morgan fingerprint density at radius 1 is 1.16 bits per heavy atom. The number of aromatic nitrogens is 1. The maximum absolute atomic E-state index is 5.28. The number of anilines is 2. The summed E-state index contributed by atoms with van der Waals surface area (Å²) in [5.74, 6) is 0.714. The van der Waals surface area contributed by atoms with Crippen molar-refractivity contribution >= 4 is 44.8 Å². The molecular weight excluding hydrogens is 322 g/mol. The number of hydrogen-bond acceptors (Lipinski definition) is 2. The van der Waals surface area contributed by atoms with Gasteiger partial charge in [0.2, 0.25) is 0 Å². The van der Waals surface area contributed by atoms with Crippen LogP contribution < -0.4 is 10.6 Å². The van der Waals surface area contributed by atoms with Gasteiger partial charge in [0, 0.05) is 16.4 Å². The number of benzene rings is 1. The summed E-state index contributed by atoms with van der Waals surface area (Å²) in [6, 6.07) is 9.99. The van der Waals surface area contributed by atoms with Gasteiger partial charge in [-0.2, -0.15) is 0 Å². The number of nitrogens with zero attached hydrogens (tertiary/aromatic N) is 1. The molecule has 98 valence electrons. The van der Waals surface area contributed by atoms with Crippen molar-refractivity contribution in [2.24, 2.45) is 0 Å². The van der Waals surface area contributed by atoms with Crippen LogP contribution in [0.15, 0.2) is 41.0 Å². The van der Waals surface area contributed by atoms with Crippen molar-refractivity contribution in [2.45, 2.75) is 13.8 Å². The molecule has 1 heterocycles. The third kappa shape index (κ3) is 4.01. The topological polar surface area (TPSA) is 37.0 Å². The molecule has 1 aromatic carbocycles. The van der Waals surface area contributed by atoms with Crippen LogP contribution in [0, 0.1) is 13.8 Å². The van der Waals surface area contributed by atoms with E-state index in [0.29, 0.717) is 10.9 Å². The first-order chi connectivity index (χ1) is 9.04. The highest BCUT2D eigenvalue weighted by atomic mass is 79.9. The zero-order valence-electron chi connectivity index (χ0n) is 10.7. The maximum atomic E-state index is 5.28. The first-order valence-electron chi connectivity index (χ1n) is 5.81. The molecule has 1 aromatic heterocycles. The first kappa shape index (κ1) is 14.0. The van der Waals surface area contributed by atoms with E-state index in [9.17, 15) is 0 Å². The summed E-state index contributed by atoms with van der Waals surface area (Å²) in [5, 5.41) is 6.77. The smallest absolute Gasteiger partial charge is 0.176 e. The van der Waals surface area contributed by atoms with E-state index in [1.165, 1.54) is 5.56 Å². The summed E-state index contributed by atoms with van der Waals surface area (Å²) < 4.78 is 0.937. The van der Waals surface area contributed by atoms with Gasteiger partial charge in [-0.05, 0) is 71.3 Å². The number of pyridine rings is 1. The first-order valence-corrected chi connectivity index (χ1v) is 7.01. The number of nitrogens with one attached hydrogen (secondary N) is 2. The fourth-order valence-corrected chi connectivity index (χ4v) is 2.04. The van der Waals surface area contributed by atoms with Crippen LogP contribution in [0.5, 0.6) is 0 Å². The van der Waals surface area contributed by atoms with Gasteiger partial charge in [0.1, 0.15) is 5.82 Å². The van der Waals surface area contributed by atoms with Crippen molar-refractivity contribution in [2.75, 3.05) is 10.6 Å². The molecule has 0 atom stereocenters. The molecule has 0 radical (unpaired) electrons. The van der Waals surface area contributed by atoms with Crippen LogP contribution in [0.1, 0.15) is 11.1 Å². The van der Waals surface area contributed by atoms with Crippen LogP contribution in [-0.2, 0) is 0 Å². The molecule has 2 rings (SSSR count). The Bertz CT molecular complexity index is 596. The predicted octanol–water partition coefficient (Wildman–Crippen LogP) is 4.27. The van der Waals surface area contributed by atoms with E-state index in [1.807, 2.05) is 19.1 Å². The molecule has 0 aliphatic rings. The van der Waals surface area contributed by atoms with Gasteiger partial charge in [-0.25, -0.2) is 4.98 Å². The van der Waals surface area contributed by atoms with E-state index in [1.54, 1.807) is 6.20 Å². The Morgan fingerprint density at radius 2 is 1.95 bits per heavy atom. The minimum atomic E-state index is 0.531. The zero-order valence-corrected chi connectivity index (χ0v) is 13.1. The monoisotopic (exact) mass is 335 g/mol. The number of thiocarbonyl (C=S) groups is 1. The Labute approximate surface area is 126 Å². The molecule has 2 aromatic rings. The second-order valence-corrected chi connectivity index (χ2v) is 5.58. The van der Waals surface area contributed by atoms with Gasteiger partial charge in [-0.15, -0.1) is 0 Å². The highest BCUT2D eigenvalue weighted by molar-refractivity contribution is 9.10. The zero-order chi connectivity index (χ0) is 13.8. The van der Waals surface area contributed by atoms with E-state index < -0.39 is 0 Å². The van der Waals surface area contributed by atoms with Gasteiger partial charge in [-0.3, -0.25) is 0 Å². The minimum absolute atomic E-state index is 0.531. The van der Waals surface area contributed by atoms with Crippen LogP contribution in [0.4, 0.5) is 11.5 Å². The van der Waals surface area contributed by atoms with Gasteiger partial charge in [0.15, 0.2) is 5.11 Å². The Morgan fingerprint density at radius 3 is 2.63 bits per heavy atom. The fraction of sp³-hybridized carbons (Fsp3) is 0.143. The summed E-state index contributed by atoms with van der Waals surface area (Å²) in [4.78, 5) is 4.21. The molecule has 0 spiro atoms. The quantitative estimate of drug-likeness (QED) is 0.803. The molecule has 0 aliphatic heterocycles. The van der Waals surface area contributed by atoms with E-state index in [2.05, 4.69) is 56.7 Å². The molecule has 0 saturated heterocycles. The number of halogens is 1. The summed E-state index contributed by atoms with van der Waals surface area (Å²) in [5.41, 5.74) is 3.35. The number of hydrogen-bond donors (Lipinski definition) is 2. The molecule has 0 fully saturated rings. The highest BCUT2D eigenvalue weighted by Gasteiger charge is 2.02. The summed E-state index contributed by atoms with van der Waals surface area (Å²) in [6.07, 6.45) is 1.73. The van der Waals surface area contributed by atoms with Crippen LogP contribution in [0.2, 0.25) is 0 Å². The largest absolute Gasteiger partial charge is 0.332 e. The predicted molar refractivity (Wildman–Crippen MR) is 87.7 cm³/mol. The lowest BCUT2D eigenvalue weighted by molar-refractivity contribution is 1.30. The summed E-state index contributed by atoms with van der Waals surface area (Å²) in [6.45, 7) is 4.10. The molecule has 2 N–H and O–H groups in total. The third-order valence-corrected chi connectivity index (χ3v) is 3.28. The Balaban J connectivity index is 2.05. The van der Waals surface area contributed by atoms with Crippen LogP contribution in [0.3, 0.4) is 0 Å². The van der Waals surface area contributed by atoms with Gasteiger partial charge < -0.3 is 10.6 Å². The number of rotatable bonds is 2. The van der Waals surface area contributed by atoms with E-state index in [0.717, 1.165) is 15.7 Å². The van der Waals surface area contributed by atoms with Crippen LogP contribution in [-0.4, -0.2) is 10.1 Å². The molecule has 0 bridgehead atoms. The lowest BCUT2D eigenvalue weighted by Gasteiger charge is -2.12. The highest BCUT2D eigenvalue weighted by Crippen LogP contribution is 2.17. The second-order valence-electron chi connectivity index (χ2n) is 4.26. The van der Waals surface area contributed by atoms with Crippen molar-refractivity contribution in [3.63, 3.8) is 0 Å². The van der Waals surface area contributed by atoms with E-state index in [-0.39, 0.29) is 0 Å². The number of aryl methyl sites for hydroxylation is 2. The Kier molecular flexibility index (Phi) is 4.50. The van der Waals surface area contributed by atoms with E-state index >= 15 is 0 Å². The van der Waals surface area contributed by atoms with Crippen molar-refractivity contribution in [1.29, 1.82) is 0 Å². The van der Waals surface area contributed by atoms with Crippen molar-refractivity contribution in [3.8, 4) is 0 Å². The van der Waals surface area contributed by atoms with Gasteiger partial charge >= 0.3 is 0 Å². The molecular formula is C14H14BrN3S. The average molecular weight is 336 g/mol. The summed E-state index contributed by atoms with van der Waals surface area (Å²) in [7, 11) is 0. The van der Waals surface area contributed by atoms with Gasteiger partial charge in [0.05, 0.1) is 0 Å². The van der Waals surface area contributed by atoms with E-state index in [4.69, 9.17) is 12.2 Å². The standard InChI is InChI=1S/C14H14BrN3S/c1-9-3-4-10(2)12(7-9)17-14(19)18-13-6-5-11(15)8-16-13/h3-8H,1-2H3,(H2,16,17,18,19). The molecule has 3 nitrogen and oxygen atoms in total. The molecule has 0 saturated carbocycles. The van der Waals surface area contributed by atoms with Crippen molar-refractivity contribution < 1.29 is 0 Å². The van der Waals surface area contributed by atoms with Crippen LogP contribution in [0.25, 0.3) is 0 Å². The third-order valence-electron chi connectivity index (χ3n) is 2.61. The maximum Gasteiger partial charge on any atom is 0.176 e. The minimum Gasteiger partial charge on any atom is -0.332 e. The molecule has 0 amide bonds. The van der Waals surface area contributed by atoms with Crippen molar-refractivity contribution in [3.05, 3.63) is 52.1 Å².